The van der Waals surface area contributed by atoms with Crippen molar-refractivity contribution in [2.45, 2.75) is 30.7 Å². The molecule has 0 rings (SSSR count). The Bertz CT molecular complexity index is 441. The molecule has 0 aliphatic heterocycles. The lowest BCUT2D eigenvalue weighted by Gasteiger charge is -2.30. The number of nitrogens with zero attached hydrogens (tertiary/aromatic N) is 1. The molecule has 0 aromatic carbocycles. The maximum atomic E-state index is 13.1. The summed E-state index contributed by atoms with van der Waals surface area (Å²) in [5, 5.41) is 18.5. The summed E-state index contributed by atoms with van der Waals surface area (Å²) in [5.74, 6) is -0.949. The van der Waals surface area contributed by atoms with E-state index >= 15 is 0 Å². The van der Waals surface area contributed by atoms with Crippen LogP contribution in [0.5, 0.6) is 0 Å². The number of aliphatic carboxylic acids is 1. The topological polar surface area (TPSA) is 95.9 Å². The Hall–Kier alpha value is -1.32. The van der Waals surface area contributed by atoms with E-state index in [-0.39, 0.29) is 17.9 Å². The van der Waals surface area contributed by atoms with Gasteiger partial charge in [-0.25, -0.2) is 0 Å². The number of aliphatic hydroxyl groups is 1. The monoisotopic (exact) mass is 340 g/mol. The third kappa shape index (κ3) is 5.82. The first-order valence-corrected chi connectivity index (χ1v) is 7.42. The number of hydrogen-bond donors (Lipinski definition) is 3. The van der Waals surface area contributed by atoms with Gasteiger partial charge in [0.25, 0.3) is 0 Å². The molecule has 0 heterocycles. The van der Waals surface area contributed by atoms with Gasteiger partial charge in [-0.3, -0.25) is 9.79 Å². The molecule has 0 saturated carbocycles. The molecule has 5 nitrogen and oxygen atoms in total. The highest BCUT2D eigenvalue weighted by atomic mass is 32.2. The van der Waals surface area contributed by atoms with Crippen LogP contribution in [0.3, 0.4) is 0 Å². The van der Waals surface area contributed by atoms with E-state index in [9.17, 15) is 23.1 Å². The van der Waals surface area contributed by atoms with Crippen molar-refractivity contribution in [3.63, 3.8) is 0 Å². The van der Waals surface area contributed by atoms with E-state index in [0.717, 1.165) is 24.0 Å². The molecule has 0 amide bonds. The standard InChI is InChI=1S/C13H19F3N2O3S/c1-3-10(18-4-2)12(21,13(14,15)16)6-8-22-7-5-9(17)11(19)20/h3-4,9,21H,1-2,5-8,17H2,(H,19,20). The molecule has 0 aliphatic carbocycles. The molecule has 2 atom stereocenters. The lowest BCUT2D eigenvalue weighted by atomic mass is 9.93. The van der Waals surface area contributed by atoms with Gasteiger partial charge in [0.1, 0.15) is 6.04 Å². The van der Waals surface area contributed by atoms with Crippen molar-refractivity contribution in [3.05, 3.63) is 25.4 Å². The third-order valence-corrected chi connectivity index (χ3v) is 3.83. The number of thioether (sulfide) groups is 1. The van der Waals surface area contributed by atoms with Crippen LogP contribution in [0, 0.1) is 0 Å². The second-order valence-corrected chi connectivity index (χ2v) is 5.58. The lowest BCUT2D eigenvalue weighted by Crippen LogP contribution is -2.51. The van der Waals surface area contributed by atoms with Crippen molar-refractivity contribution in [3.8, 4) is 0 Å². The number of hydrogen-bond acceptors (Lipinski definition) is 5. The van der Waals surface area contributed by atoms with Crippen molar-refractivity contribution in [1.29, 1.82) is 0 Å². The lowest BCUT2D eigenvalue weighted by molar-refractivity contribution is -0.230. The minimum atomic E-state index is -4.92. The molecule has 0 bridgehead atoms. The van der Waals surface area contributed by atoms with Crippen LogP contribution in [-0.4, -0.2) is 51.2 Å². The Morgan fingerprint density at radius 2 is 1.95 bits per heavy atom. The SMILES string of the molecule is C=CN=C(C=C)C(O)(CCSCCC(N)C(=O)O)C(F)(F)F. The van der Waals surface area contributed by atoms with Crippen molar-refractivity contribution in [2.75, 3.05) is 11.5 Å². The summed E-state index contributed by atoms with van der Waals surface area (Å²) in [6, 6.07) is -1.06. The molecular weight excluding hydrogens is 321 g/mol. The molecule has 22 heavy (non-hydrogen) atoms. The zero-order chi connectivity index (χ0) is 17.4. The van der Waals surface area contributed by atoms with E-state index in [4.69, 9.17) is 10.8 Å². The van der Waals surface area contributed by atoms with Gasteiger partial charge in [0, 0.05) is 6.20 Å². The predicted molar refractivity (Wildman–Crippen MR) is 81.0 cm³/mol. The smallest absolute Gasteiger partial charge is 0.423 e. The summed E-state index contributed by atoms with van der Waals surface area (Å²) in [4.78, 5) is 13.9. The number of carboxylic acid groups (broad SMARTS) is 1. The molecule has 0 aliphatic rings. The molecule has 4 N–H and O–H groups in total. The van der Waals surface area contributed by atoms with Crippen LogP contribution in [0.4, 0.5) is 13.2 Å². The summed E-state index contributed by atoms with van der Waals surface area (Å²) in [5.41, 5.74) is 1.53. The Morgan fingerprint density at radius 3 is 2.36 bits per heavy atom. The molecule has 0 fully saturated rings. The van der Waals surface area contributed by atoms with Gasteiger partial charge in [0.05, 0.1) is 5.71 Å². The molecule has 2 unspecified atom stereocenters. The maximum absolute atomic E-state index is 13.1. The first kappa shape index (κ1) is 20.7. The first-order valence-electron chi connectivity index (χ1n) is 6.27. The van der Waals surface area contributed by atoms with Crippen LogP contribution in [-0.2, 0) is 4.79 Å². The number of carbonyl (C=O) groups is 1. The molecule has 0 aromatic rings. The molecule has 126 valence electrons. The fourth-order valence-corrected chi connectivity index (χ4v) is 2.56. The summed E-state index contributed by atoms with van der Waals surface area (Å²) < 4.78 is 39.3. The molecule has 9 heteroatoms. The average Bonchev–Trinajstić information content (AvgIpc) is 2.42. The zero-order valence-electron chi connectivity index (χ0n) is 11.8. The average molecular weight is 340 g/mol. The molecule has 0 spiro atoms. The second-order valence-electron chi connectivity index (χ2n) is 4.35. The Kier molecular flexibility index (Phi) is 8.43. The van der Waals surface area contributed by atoms with Crippen molar-refractivity contribution < 1.29 is 28.2 Å². The van der Waals surface area contributed by atoms with Gasteiger partial charge in [-0.2, -0.15) is 24.9 Å². The summed E-state index contributed by atoms with van der Waals surface area (Å²) >= 11 is 1.07. The molecule has 0 aromatic heterocycles. The predicted octanol–water partition coefficient (Wildman–Crippen LogP) is 1.98. The second kappa shape index (κ2) is 8.96. The minimum absolute atomic E-state index is 0.0493. The van der Waals surface area contributed by atoms with Crippen LogP contribution in [0.15, 0.2) is 30.4 Å². The fraction of sp³-hybridized carbons (Fsp3) is 0.538. The van der Waals surface area contributed by atoms with Crippen LogP contribution in [0.2, 0.25) is 0 Å². The van der Waals surface area contributed by atoms with Crippen LogP contribution < -0.4 is 5.73 Å². The van der Waals surface area contributed by atoms with Crippen molar-refractivity contribution in [1.82, 2.24) is 0 Å². The van der Waals surface area contributed by atoms with Crippen LogP contribution >= 0.6 is 11.8 Å². The number of nitrogens with two attached hydrogens (primary N) is 1. The summed E-state index contributed by atoms with van der Waals surface area (Å²) in [6.45, 7) is 6.42. The highest BCUT2D eigenvalue weighted by molar-refractivity contribution is 7.99. The Balaban J connectivity index is 4.71. The number of alkyl halides is 3. The van der Waals surface area contributed by atoms with Gasteiger partial charge in [-0.1, -0.05) is 13.2 Å². The Morgan fingerprint density at radius 1 is 1.36 bits per heavy atom. The van der Waals surface area contributed by atoms with Gasteiger partial charge in [-0.05, 0) is 30.4 Å². The van der Waals surface area contributed by atoms with E-state index in [0.29, 0.717) is 0 Å². The highest BCUT2D eigenvalue weighted by Gasteiger charge is 2.55. The quantitative estimate of drug-likeness (QED) is 0.417. The number of aliphatic imine (C=N–C) groups is 1. The van der Waals surface area contributed by atoms with E-state index in [1.54, 1.807) is 0 Å². The number of carboxylic acids is 1. The van der Waals surface area contributed by atoms with Gasteiger partial charge < -0.3 is 15.9 Å². The van der Waals surface area contributed by atoms with Crippen molar-refractivity contribution >= 4 is 23.4 Å². The molecule has 0 saturated heterocycles. The van der Waals surface area contributed by atoms with Crippen LogP contribution in [0.1, 0.15) is 12.8 Å². The minimum Gasteiger partial charge on any atom is -0.480 e. The van der Waals surface area contributed by atoms with Crippen molar-refractivity contribution in [2.24, 2.45) is 10.7 Å². The first-order chi connectivity index (χ1) is 10.1. The summed E-state index contributed by atoms with van der Waals surface area (Å²) in [7, 11) is 0. The molecular formula is C13H19F3N2O3S. The zero-order valence-corrected chi connectivity index (χ0v) is 12.7. The van der Waals surface area contributed by atoms with Gasteiger partial charge in [0.2, 0.25) is 5.60 Å². The third-order valence-electron chi connectivity index (χ3n) is 2.82. The van der Waals surface area contributed by atoms with Gasteiger partial charge in [0.15, 0.2) is 0 Å². The summed E-state index contributed by atoms with van der Waals surface area (Å²) in [6.07, 6.45) is -3.70. The van der Waals surface area contributed by atoms with Crippen LogP contribution in [0.25, 0.3) is 0 Å². The number of halogens is 3. The van der Waals surface area contributed by atoms with E-state index in [2.05, 4.69) is 18.2 Å². The van der Waals surface area contributed by atoms with Gasteiger partial charge >= 0.3 is 12.1 Å². The Labute approximate surface area is 130 Å². The normalized spacial score (nSPS) is 16.7. The van der Waals surface area contributed by atoms with E-state index < -0.39 is 35.9 Å². The molecule has 0 radical (unpaired) electrons. The maximum Gasteiger partial charge on any atom is 0.423 e. The van der Waals surface area contributed by atoms with E-state index in [1.807, 2.05) is 0 Å². The number of rotatable bonds is 10. The van der Waals surface area contributed by atoms with E-state index in [1.165, 1.54) is 0 Å². The highest BCUT2D eigenvalue weighted by Crippen LogP contribution is 2.36. The fourth-order valence-electron chi connectivity index (χ4n) is 1.50. The van der Waals surface area contributed by atoms with Gasteiger partial charge in [-0.15, -0.1) is 0 Å². The largest absolute Gasteiger partial charge is 0.480 e.